The van der Waals surface area contributed by atoms with Crippen molar-refractivity contribution in [2.75, 3.05) is 26.8 Å². The van der Waals surface area contributed by atoms with Crippen LogP contribution >= 0.6 is 0 Å². The summed E-state index contributed by atoms with van der Waals surface area (Å²) in [6, 6.07) is -0.102. The standard InChI is InChI=1S/C15H26N2O4/c1-17(12-6-9-21-10-12)14(20)16-11-15(13(18)19)7-4-2-3-5-8-15/h12H,2-11H2,1H3,(H,16,20)(H,18,19). The molecule has 2 rings (SSSR count). The molecule has 0 aromatic carbocycles. The maximum Gasteiger partial charge on any atom is 0.317 e. The van der Waals surface area contributed by atoms with Gasteiger partial charge in [-0.15, -0.1) is 0 Å². The average Bonchev–Trinajstić information content (AvgIpc) is 2.89. The van der Waals surface area contributed by atoms with Crippen molar-refractivity contribution in [3.63, 3.8) is 0 Å². The molecule has 21 heavy (non-hydrogen) atoms. The van der Waals surface area contributed by atoms with Gasteiger partial charge < -0.3 is 20.1 Å². The van der Waals surface area contributed by atoms with Crippen LogP contribution in [0, 0.1) is 5.41 Å². The Kier molecular flexibility index (Phi) is 5.45. The zero-order valence-electron chi connectivity index (χ0n) is 12.8. The van der Waals surface area contributed by atoms with Gasteiger partial charge in [-0.25, -0.2) is 4.79 Å². The van der Waals surface area contributed by atoms with E-state index >= 15 is 0 Å². The smallest absolute Gasteiger partial charge is 0.317 e. The number of urea groups is 1. The molecule has 1 saturated heterocycles. The summed E-state index contributed by atoms with van der Waals surface area (Å²) in [6.45, 7) is 1.47. The second kappa shape index (κ2) is 7.11. The zero-order chi connectivity index (χ0) is 15.3. The molecule has 120 valence electrons. The van der Waals surface area contributed by atoms with Crippen molar-refractivity contribution in [3.8, 4) is 0 Å². The lowest BCUT2D eigenvalue weighted by atomic mass is 9.80. The van der Waals surface area contributed by atoms with Gasteiger partial charge in [0.25, 0.3) is 0 Å². The van der Waals surface area contributed by atoms with E-state index in [0.29, 0.717) is 26.1 Å². The summed E-state index contributed by atoms with van der Waals surface area (Å²) < 4.78 is 5.28. The van der Waals surface area contributed by atoms with E-state index in [1.807, 2.05) is 0 Å². The number of carboxylic acid groups (broad SMARTS) is 1. The number of aliphatic carboxylic acids is 1. The maximum atomic E-state index is 12.2. The Hall–Kier alpha value is -1.30. The number of ether oxygens (including phenoxy) is 1. The summed E-state index contributed by atoms with van der Waals surface area (Å²) in [7, 11) is 1.75. The topological polar surface area (TPSA) is 78.9 Å². The Bertz CT molecular complexity index is 372. The summed E-state index contributed by atoms with van der Waals surface area (Å²) in [5, 5.41) is 12.4. The van der Waals surface area contributed by atoms with Gasteiger partial charge in [-0.05, 0) is 19.3 Å². The Labute approximate surface area is 125 Å². The summed E-state index contributed by atoms with van der Waals surface area (Å²) in [5.74, 6) is -0.781. The number of amides is 2. The molecule has 2 amide bonds. The van der Waals surface area contributed by atoms with Crippen LogP contribution in [0.2, 0.25) is 0 Å². The molecule has 6 heteroatoms. The number of carbonyl (C=O) groups excluding carboxylic acids is 1. The molecule has 1 aliphatic carbocycles. The van der Waals surface area contributed by atoms with Crippen molar-refractivity contribution in [3.05, 3.63) is 0 Å². The molecule has 1 atom stereocenters. The first-order chi connectivity index (χ1) is 10.1. The van der Waals surface area contributed by atoms with Crippen molar-refractivity contribution >= 4 is 12.0 Å². The second-order valence-corrected chi connectivity index (χ2v) is 6.29. The molecule has 0 aromatic rings. The number of hydrogen-bond acceptors (Lipinski definition) is 3. The third-order valence-electron chi connectivity index (χ3n) is 4.87. The summed E-state index contributed by atoms with van der Waals surface area (Å²) in [6.07, 6.45) is 6.17. The predicted octanol–water partition coefficient (Wildman–Crippen LogP) is 1.84. The second-order valence-electron chi connectivity index (χ2n) is 6.29. The fourth-order valence-electron chi connectivity index (χ4n) is 3.23. The molecule has 2 fully saturated rings. The third kappa shape index (κ3) is 3.87. The van der Waals surface area contributed by atoms with Crippen molar-refractivity contribution in [2.24, 2.45) is 5.41 Å². The van der Waals surface area contributed by atoms with E-state index in [1.165, 1.54) is 0 Å². The molecule has 0 aromatic heterocycles. The quantitative estimate of drug-likeness (QED) is 0.776. The molecular weight excluding hydrogens is 272 g/mol. The highest BCUT2D eigenvalue weighted by atomic mass is 16.5. The summed E-state index contributed by atoms with van der Waals surface area (Å²) in [4.78, 5) is 25.5. The molecule has 0 radical (unpaired) electrons. The van der Waals surface area contributed by atoms with Crippen LogP contribution < -0.4 is 5.32 Å². The van der Waals surface area contributed by atoms with Crippen LogP contribution in [-0.2, 0) is 9.53 Å². The first-order valence-electron chi connectivity index (χ1n) is 7.87. The number of carbonyl (C=O) groups is 2. The predicted molar refractivity (Wildman–Crippen MR) is 78.2 cm³/mol. The van der Waals surface area contributed by atoms with Gasteiger partial charge in [0.15, 0.2) is 0 Å². The Balaban J connectivity index is 1.91. The lowest BCUT2D eigenvalue weighted by Gasteiger charge is -2.30. The molecule has 1 heterocycles. The van der Waals surface area contributed by atoms with Gasteiger partial charge in [-0.3, -0.25) is 4.79 Å². The Morgan fingerprint density at radius 2 is 1.95 bits per heavy atom. The zero-order valence-corrected chi connectivity index (χ0v) is 12.8. The van der Waals surface area contributed by atoms with Crippen LogP contribution in [0.25, 0.3) is 0 Å². The summed E-state index contributed by atoms with van der Waals surface area (Å²) in [5.41, 5.74) is -0.792. The molecule has 1 unspecified atom stereocenters. The normalized spacial score (nSPS) is 25.1. The average molecular weight is 298 g/mol. The third-order valence-corrected chi connectivity index (χ3v) is 4.87. The van der Waals surface area contributed by atoms with Crippen molar-refractivity contribution in [2.45, 2.75) is 51.0 Å². The van der Waals surface area contributed by atoms with Crippen LogP contribution in [0.4, 0.5) is 4.79 Å². The van der Waals surface area contributed by atoms with E-state index in [1.54, 1.807) is 11.9 Å². The van der Waals surface area contributed by atoms with E-state index in [-0.39, 0.29) is 18.6 Å². The lowest BCUT2D eigenvalue weighted by molar-refractivity contribution is -0.149. The van der Waals surface area contributed by atoms with Crippen LogP contribution in [0.15, 0.2) is 0 Å². The largest absolute Gasteiger partial charge is 0.481 e. The first-order valence-corrected chi connectivity index (χ1v) is 7.87. The molecular formula is C15H26N2O4. The van der Waals surface area contributed by atoms with Gasteiger partial charge in [0.2, 0.25) is 0 Å². The van der Waals surface area contributed by atoms with E-state index in [4.69, 9.17) is 4.74 Å². The summed E-state index contributed by atoms with van der Waals surface area (Å²) >= 11 is 0. The van der Waals surface area contributed by atoms with Gasteiger partial charge in [-0.1, -0.05) is 25.7 Å². The first kappa shape index (κ1) is 16.1. The number of nitrogens with zero attached hydrogens (tertiary/aromatic N) is 1. The number of rotatable bonds is 4. The van der Waals surface area contributed by atoms with Crippen LogP contribution in [0.1, 0.15) is 44.9 Å². The van der Waals surface area contributed by atoms with Gasteiger partial charge in [-0.2, -0.15) is 0 Å². The van der Waals surface area contributed by atoms with Crippen molar-refractivity contribution in [1.29, 1.82) is 0 Å². The lowest BCUT2D eigenvalue weighted by Crippen LogP contribution is -2.49. The van der Waals surface area contributed by atoms with Gasteiger partial charge in [0.05, 0.1) is 18.1 Å². The molecule has 2 aliphatic rings. The Morgan fingerprint density at radius 3 is 2.48 bits per heavy atom. The van der Waals surface area contributed by atoms with E-state index in [2.05, 4.69) is 5.32 Å². The van der Waals surface area contributed by atoms with E-state index in [9.17, 15) is 14.7 Å². The highest BCUT2D eigenvalue weighted by Crippen LogP contribution is 2.34. The highest BCUT2D eigenvalue weighted by Gasteiger charge is 2.39. The fraction of sp³-hybridized carbons (Fsp3) is 0.867. The molecule has 2 N–H and O–H groups in total. The van der Waals surface area contributed by atoms with Crippen LogP contribution in [-0.4, -0.2) is 54.9 Å². The van der Waals surface area contributed by atoms with E-state index < -0.39 is 11.4 Å². The van der Waals surface area contributed by atoms with E-state index in [0.717, 1.165) is 32.1 Å². The molecule has 6 nitrogen and oxygen atoms in total. The monoisotopic (exact) mass is 298 g/mol. The number of carboxylic acids is 1. The molecule has 0 bridgehead atoms. The van der Waals surface area contributed by atoms with Gasteiger partial charge in [0, 0.05) is 20.2 Å². The Morgan fingerprint density at radius 1 is 1.29 bits per heavy atom. The van der Waals surface area contributed by atoms with Gasteiger partial charge >= 0.3 is 12.0 Å². The van der Waals surface area contributed by atoms with Crippen LogP contribution in [0.5, 0.6) is 0 Å². The maximum absolute atomic E-state index is 12.2. The van der Waals surface area contributed by atoms with Crippen LogP contribution in [0.3, 0.4) is 0 Å². The van der Waals surface area contributed by atoms with Crippen molar-refractivity contribution < 1.29 is 19.4 Å². The SMILES string of the molecule is CN(C(=O)NCC1(C(=O)O)CCCCCC1)C1CCOC1. The highest BCUT2D eigenvalue weighted by molar-refractivity contribution is 5.78. The fourth-order valence-corrected chi connectivity index (χ4v) is 3.23. The number of nitrogens with one attached hydrogen (secondary N) is 1. The number of likely N-dealkylation sites (N-methyl/N-ethyl adjacent to an activating group) is 1. The minimum absolute atomic E-state index is 0.0971. The molecule has 1 aliphatic heterocycles. The minimum atomic E-state index is -0.792. The minimum Gasteiger partial charge on any atom is -0.481 e. The molecule has 1 saturated carbocycles. The van der Waals surface area contributed by atoms with Crippen molar-refractivity contribution in [1.82, 2.24) is 10.2 Å². The molecule has 0 spiro atoms. The van der Waals surface area contributed by atoms with Gasteiger partial charge in [0.1, 0.15) is 0 Å². The number of hydrogen-bond donors (Lipinski definition) is 2.